The minimum absolute atomic E-state index is 0.122. The monoisotopic (exact) mass is 293 g/mol. The van der Waals surface area contributed by atoms with Crippen LogP contribution in [-0.2, 0) is 6.61 Å². The summed E-state index contributed by atoms with van der Waals surface area (Å²) in [6, 6.07) is 9.52. The molecule has 0 aliphatic carbocycles. The molecule has 0 atom stereocenters. The molecule has 0 unspecified atom stereocenters. The quantitative estimate of drug-likeness (QED) is 0.876. The van der Waals surface area contributed by atoms with Crippen LogP contribution in [0.15, 0.2) is 36.4 Å². The van der Waals surface area contributed by atoms with Gasteiger partial charge in [0.05, 0.1) is 5.56 Å². The number of hydrogen-bond acceptors (Lipinski definition) is 4. The van der Waals surface area contributed by atoms with E-state index in [-0.39, 0.29) is 30.4 Å². The number of anilines is 1. The number of hydrogen-bond donors (Lipinski definition) is 1. The van der Waals surface area contributed by atoms with Gasteiger partial charge in [0.1, 0.15) is 12.4 Å². The lowest BCUT2D eigenvalue weighted by Gasteiger charge is -2.12. The molecule has 2 aromatic carbocycles. The van der Waals surface area contributed by atoms with Crippen LogP contribution in [0.25, 0.3) is 0 Å². The van der Waals surface area contributed by atoms with Crippen molar-refractivity contribution in [2.75, 3.05) is 12.5 Å². The van der Waals surface area contributed by atoms with Gasteiger partial charge in [-0.05, 0) is 35.9 Å². The second kappa shape index (κ2) is 5.47. The summed E-state index contributed by atoms with van der Waals surface area (Å²) in [5.74, 6) is 1.42. The maximum Gasteiger partial charge on any atom is 0.267 e. The maximum absolute atomic E-state index is 12.9. The molecule has 0 spiro atoms. The lowest BCUT2D eigenvalue weighted by Crippen LogP contribution is -2.00. The molecule has 0 amide bonds. The van der Waals surface area contributed by atoms with E-state index < -0.39 is 6.43 Å². The maximum atomic E-state index is 12.9. The Balaban J connectivity index is 1.76. The number of fused-ring (bicyclic) bond motifs is 1. The van der Waals surface area contributed by atoms with Gasteiger partial charge in [-0.3, -0.25) is 0 Å². The lowest BCUT2D eigenvalue weighted by molar-refractivity contribution is 0.144. The van der Waals surface area contributed by atoms with E-state index in [0.717, 1.165) is 5.56 Å². The van der Waals surface area contributed by atoms with Gasteiger partial charge in [-0.1, -0.05) is 6.07 Å². The van der Waals surface area contributed by atoms with Crippen LogP contribution in [0.2, 0.25) is 0 Å². The van der Waals surface area contributed by atoms with Crippen molar-refractivity contribution in [3.8, 4) is 17.2 Å². The number of nitrogen functional groups attached to an aromatic ring is 1. The SMILES string of the molecule is Nc1ccc(OCc2ccc3c(c2)OCO3)c(C(F)F)c1. The minimum atomic E-state index is -2.64. The Morgan fingerprint density at radius 3 is 2.71 bits per heavy atom. The van der Waals surface area contributed by atoms with E-state index in [0.29, 0.717) is 11.5 Å². The Morgan fingerprint density at radius 2 is 1.90 bits per heavy atom. The van der Waals surface area contributed by atoms with Crippen LogP contribution in [0.4, 0.5) is 14.5 Å². The molecule has 110 valence electrons. The van der Waals surface area contributed by atoms with E-state index in [9.17, 15) is 8.78 Å². The van der Waals surface area contributed by atoms with Crippen molar-refractivity contribution in [1.29, 1.82) is 0 Å². The van der Waals surface area contributed by atoms with Gasteiger partial charge in [0, 0.05) is 5.69 Å². The third-order valence-electron chi connectivity index (χ3n) is 3.10. The molecular formula is C15H13F2NO3. The Morgan fingerprint density at radius 1 is 1.10 bits per heavy atom. The summed E-state index contributed by atoms with van der Waals surface area (Å²) in [6.45, 7) is 0.341. The summed E-state index contributed by atoms with van der Waals surface area (Å²) in [6.07, 6.45) is -2.64. The van der Waals surface area contributed by atoms with Crippen molar-refractivity contribution < 1.29 is 23.0 Å². The highest BCUT2D eigenvalue weighted by molar-refractivity contribution is 5.49. The van der Waals surface area contributed by atoms with E-state index in [1.807, 2.05) is 0 Å². The highest BCUT2D eigenvalue weighted by Gasteiger charge is 2.16. The first-order valence-electron chi connectivity index (χ1n) is 6.32. The first kappa shape index (κ1) is 13.5. The lowest BCUT2D eigenvalue weighted by atomic mass is 10.2. The molecule has 0 saturated heterocycles. The summed E-state index contributed by atoms with van der Waals surface area (Å²) in [4.78, 5) is 0. The number of benzene rings is 2. The van der Waals surface area contributed by atoms with Crippen LogP contribution in [0, 0.1) is 0 Å². The molecule has 6 heteroatoms. The Hall–Kier alpha value is -2.50. The topological polar surface area (TPSA) is 53.7 Å². The average molecular weight is 293 g/mol. The van der Waals surface area contributed by atoms with Crippen LogP contribution >= 0.6 is 0 Å². The number of halogens is 2. The van der Waals surface area contributed by atoms with Crippen LogP contribution in [-0.4, -0.2) is 6.79 Å². The predicted octanol–water partition coefficient (Wildman–Crippen LogP) is 3.51. The van der Waals surface area contributed by atoms with Crippen LogP contribution in [0.3, 0.4) is 0 Å². The van der Waals surface area contributed by atoms with E-state index in [4.69, 9.17) is 19.9 Å². The molecule has 0 aromatic heterocycles. The van der Waals surface area contributed by atoms with E-state index >= 15 is 0 Å². The van der Waals surface area contributed by atoms with Crippen molar-refractivity contribution in [2.24, 2.45) is 0 Å². The molecule has 4 nitrogen and oxygen atoms in total. The smallest absolute Gasteiger partial charge is 0.267 e. The molecule has 0 bridgehead atoms. The van der Waals surface area contributed by atoms with E-state index in [1.165, 1.54) is 18.2 Å². The largest absolute Gasteiger partial charge is 0.488 e. The normalized spacial score (nSPS) is 12.7. The second-order valence-electron chi connectivity index (χ2n) is 4.57. The Labute approximate surface area is 120 Å². The number of alkyl halides is 2. The second-order valence-corrected chi connectivity index (χ2v) is 4.57. The fourth-order valence-electron chi connectivity index (χ4n) is 2.06. The zero-order valence-electron chi connectivity index (χ0n) is 11.0. The molecule has 0 saturated carbocycles. The summed E-state index contributed by atoms with van der Waals surface area (Å²) in [7, 11) is 0. The zero-order chi connectivity index (χ0) is 14.8. The molecule has 21 heavy (non-hydrogen) atoms. The van der Waals surface area contributed by atoms with Gasteiger partial charge in [0.2, 0.25) is 6.79 Å². The summed E-state index contributed by atoms with van der Waals surface area (Å²) < 4.78 is 41.8. The predicted molar refractivity (Wildman–Crippen MR) is 72.7 cm³/mol. The van der Waals surface area contributed by atoms with Crippen molar-refractivity contribution in [2.45, 2.75) is 13.0 Å². The number of nitrogens with two attached hydrogens (primary N) is 1. The molecule has 1 aliphatic rings. The minimum Gasteiger partial charge on any atom is -0.488 e. The fraction of sp³-hybridized carbons (Fsp3) is 0.200. The van der Waals surface area contributed by atoms with Gasteiger partial charge in [0.25, 0.3) is 6.43 Å². The average Bonchev–Trinajstić information content (AvgIpc) is 2.93. The number of ether oxygens (including phenoxy) is 3. The molecule has 2 N–H and O–H groups in total. The van der Waals surface area contributed by atoms with Gasteiger partial charge < -0.3 is 19.9 Å². The van der Waals surface area contributed by atoms with E-state index in [2.05, 4.69) is 0 Å². The molecule has 0 radical (unpaired) electrons. The Bertz CT molecular complexity index is 661. The van der Waals surface area contributed by atoms with Gasteiger partial charge in [-0.25, -0.2) is 8.78 Å². The molecular weight excluding hydrogens is 280 g/mol. The van der Waals surface area contributed by atoms with Crippen LogP contribution in [0.5, 0.6) is 17.2 Å². The van der Waals surface area contributed by atoms with Gasteiger partial charge in [-0.2, -0.15) is 0 Å². The van der Waals surface area contributed by atoms with Crippen molar-refractivity contribution in [3.63, 3.8) is 0 Å². The first-order chi connectivity index (χ1) is 10.1. The molecule has 3 rings (SSSR count). The van der Waals surface area contributed by atoms with E-state index in [1.54, 1.807) is 18.2 Å². The summed E-state index contributed by atoms with van der Waals surface area (Å²) >= 11 is 0. The third-order valence-corrected chi connectivity index (χ3v) is 3.10. The van der Waals surface area contributed by atoms with Crippen molar-refractivity contribution >= 4 is 5.69 Å². The third kappa shape index (κ3) is 2.84. The highest BCUT2D eigenvalue weighted by atomic mass is 19.3. The molecule has 0 fully saturated rings. The van der Waals surface area contributed by atoms with Crippen molar-refractivity contribution in [1.82, 2.24) is 0 Å². The van der Waals surface area contributed by atoms with Gasteiger partial charge in [0.15, 0.2) is 11.5 Å². The molecule has 1 aliphatic heterocycles. The van der Waals surface area contributed by atoms with Crippen molar-refractivity contribution in [3.05, 3.63) is 47.5 Å². The number of rotatable bonds is 4. The molecule has 2 aromatic rings. The fourth-order valence-corrected chi connectivity index (χ4v) is 2.06. The van der Waals surface area contributed by atoms with Crippen LogP contribution in [0.1, 0.15) is 17.6 Å². The first-order valence-corrected chi connectivity index (χ1v) is 6.32. The van der Waals surface area contributed by atoms with Gasteiger partial charge >= 0.3 is 0 Å². The van der Waals surface area contributed by atoms with Gasteiger partial charge in [-0.15, -0.1) is 0 Å². The Kier molecular flexibility index (Phi) is 3.51. The molecule has 1 heterocycles. The van der Waals surface area contributed by atoms with Crippen LogP contribution < -0.4 is 19.9 Å². The highest BCUT2D eigenvalue weighted by Crippen LogP contribution is 2.34. The zero-order valence-corrected chi connectivity index (χ0v) is 11.0. The standard InChI is InChI=1S/C15H13F2NO3/c16-15(17)11-6-10(18)2-4-12(11)19-7-9-1-3-13-14(5-9)21-8-20-13/h1-6,15H,7-8,18H2. The summed E-state index contributed by atoms with van der Waals surface area (Å²) in [5.41, 5.74) is 6.38. The summed E-state index contributed by atoms with van der Waals surface area (Å²) in [5, 5.41) is 0.